The highest BCUT2D eigenvalue weighted by Crippen LogP contribution is 2.30. The molecule has 0 saturated carbocycles. The predicted octanol–water partition coefficient (Wildman–Crippen LogP) is 3.24. The smallest absolute Gasteiger partial charge is 0.286 e. The molecule has 2 aromatic carbocycles. The van der Waals surface area contributed by atoms with Gasteiger partial charge in [0, 0.05) is 5.56 Å². The summed E-state index contributed by atoms with van der Waals surface area (Å²) in [6.45, 7) is 7.91. The van der Waals surface area contributed by atoms with Gasteiger partial charge in [0.15, 0.2) is 5.17 Å². The van der Waals surface area contributed by atoms with E-state index < -0.39 is 0 Å². The molecule has 1 saturated heterocycles. The fourth-order valence-electron chi connectivity index (χ4n) is 3.75. The number of quaternary nitrogens is 1. The second kappa shape index (κ2) is 10.6. The molecule has 2 aliphatic rings. The van der Waals surface area contributed by atoms with Gasteiger partial charge in [-0.15, -0.1) is 0 Å². The van der Waals surface area contributed by atoms with Crippen molar-refractivity contribution in [2.45, 2.75) is 26.3 Å². The number of aliphatic imine (C=N–C) groups is 1. The number of hydrogen-bond donors (Lipinski definition) is 1. The Hall–Kier alpha value is -2.57. The molecular formula is C25H30N3O2S+. The molecule has 4 rings (SSSR count). The molecule has 1 fully saturated rings. The van der Waals surface area contributed by atoms with Gasteiger partial charge in [0.25, 0.3) is 5.91 Å². The van der Waals surface area contributed by atoms with Crippen molar-refractivity contribution in [3.63, 3.8) is 0 Å². The fourth-order valence-corrected chi connectivity index (χ4v) is 4.72. The number of unbranched alkanes of at least 4 members (excludes halogenated alkanes) is 1. The van der Waals surface area contributed by atoms with E-state index in [4.69, 9.17) is 4.74 Å². The molecule has 0 unspecified atom stereocenters. The summed E-state index contributed by atoms with van der Waals surface area (Å²) in [5, 5.41) is 0.842. The van der Waals surface area contributed by atoms with Crippen molar-refractivity contribution in [1.82, 2.24) is 4.90 Å². The average Bonchev–Trinajstić information content (AvgIpc) is 3.16. The zero-order valence-corrected chi connectivity index (χ0v) is 18.9. The van der Waals surface area contributed by atoms with Crippen LogP contribution < -0.4 is 9.64 Å². The first-order valence-electron chi connectivity index (χ1n) is 11.1. The molecule has 2 heterocycles. The number of ether oxygens (including phenoxy) is 1. The van der Waals surface area contributed by atoms with E-state index in [0.717, 1.165) is 68.7 Å². The Morgan fingerprint density at radius 2 is 1.84 bits per heavy atom. The number of hydrogen-bond acceptors (Lipinski definition) is 4. The molecule has 0 bridgehead atoms. The van der Waals surface area contributed by atoms with E-state index in [0.29, 0.717) is 4.91 Å². The summed E-state index contributed by atoms with van der Waals surface area (Å²) in [5.74, 6) is 0.733. The standard InChI is InChI=1S/C25H29N3O2S/c1-2-3-17-30-22-11-9-20(10-12-22)18-23-24(29)26-25(31-23)28-15-13-27(14-16-28)19-21-7-5-4-6-8-21/h4-12,18H,2-3,13-17,19H2,1H3/p+1/b23-18+. The number of amides is 1. The molecule has 1 N–H and O–H groups in total. The highest BCUT2D eigenvalue weighted by atomic mass is 32.2. The number of nitrogens with one attached hydrogen (secondary N) is 1. The molecule has 5 nitrogen and oxygen atoms in total. The van der Waals surface area contributed by atoms with Crippen molar-refractivity contribution in [1.29, 1.82) is 0 Å². The average molecular weight is 437 g/mol. The minimum absolute atomic E-state index is 0.137. The molecule has 2 aromatic rings. The van der Waals surface area contributed by atoms with Crippen molar-refractivity contribution in [3.8, 4) is 5.75 Å². The van der Waals surface area contributed by atoms with Gasteiger partial charge in [0.05, 0.1) is 37.7 Å². The van der Waals surface area contributed by atoms with Crippen LogP contribution in [0.25, 0.3) is 6.08 Å². The van der Waals surface area contributed by atoms with Crippen molar-refractivity contribution in [2.75, 3.05) is 32.8 Å². The third-order valence-electron chi connectivity index (χ3n) is 5.59. The van der Waals surface area contributed by atoms with Crippen LogP contribution in [-0.2, 0) is 11.3 Å². The van der Waals surface area contributed by atoms with Gasteiger partial charge in [-0.3, -0.25) is 4.79 Å². The first kappa shape index (κ1) is 21.7. The van der Waals surface area contributed by atoms with Crippen molar-refractivity contribution < 1.29 is 14.4 Å². The lowest BCUT2D eigenvalue weighted by molar-refractivity contribution is -0.917. The van der Waals surface area contributed by atoms with Gasteiger partial charge in [0.2, 0.25) is 0 Å². The molecule has 0 aromatic heterocycles. The number of rotatable bonds is 7. The monoisotopic (exact) mass is 436 g/mol. The Kier molecular flexibility index (Phi) is 7.43. The second-order valence-corrected chi connectivity index (χ2v) is 8.99. The van der Waals surface area contributed by atoms with Gasteiger partial charge >= 0.3 is 0 Å². The Morgan fingerprint density at radius 3 is 2.55 bits per heavy atom. The van der Waals surface area contributed by atoms with E-state index in [1.54, 1.807) is 4.90 Å². The normalized spacial score (nSPS) is 18.5. The molecule has 0 spiro atoms. The van der Waals surface area contributed by atoms with Gasteiger partial charge in [-0.05, 0) is 42.0 Å². The zero-order chi connectivity index (χ0) is 21.5. The Bertz CT molecular complexity index is 933. The molecule has 31 heavy (non-hydrogen) atoms. The number of piperazine rings is 1. The van der Waals surface area contributed by atoms with E-state index in [9.17, 15) is 4.79 Å². The quantitative estimate of drug-likeness (QED) is 0.535. The fraction of sp³-hybridized carbons (Fsp3) is 0.360. The van der Waals surface area contributed by atoms with Crippen LogP contribution in [0, 0.1) is 0 Å². The summed E-state index contributed by atoms with van der Waals surface area (Å²) < 4.78 is 5.71. The van der Waals surface area contributed by atoms with Gasteiger partial charge in [-0.25, -0.2) is 0 Å². The highest BCUT2D eigenvalue weighted by Gasteiger charge is 2.29. The Balaban J connectivity index is 1.29. The van der Waals surface area contributed by atoms with Crippen molar-refractivity contribution in [2.24, 2.45) is 4.99 Å². The Labute approximate surface area is 188 Å². The maximum atomic E-state index is 12.4. The van der Waals surface area contributed by atoms with Crippen LogP contribution in [0.1, 0.15) is 30.9 Å². The third-order valence-corrected chi connectivity index (χ3v) is 6.64. The molecular weight excluding hydrogens is 406 g/mol. The number of benzene rings is 2. The van der Waals surface area contributed by atoms with Crippen molar-refractivity contribution >= 4 is 28.9 Å². The lowest BCUT2D eigenvalue weighted by atomic mass is 10.2. The number of nitrogens with zero attached hydrogens (tertiary/aromatic N) is 2. The maximum Gasteiger partial charge on any atom is 0.286 e. The van der Waals surface area contributed by atoms with Crippen LogP contribution in [0.5, 0.6) is 5.75 Å². The van der Waals surface area contributed by atoms with E-state index in [-0.39, 0.29) is 5.91 Å². The molecule has 0 atom stereocenters. The van der Waals surface area contributed by atoms with Crippen LogP contribution in [-0.4, -0.2) is 48.8 Å². The summed E-state index contributed by atoms with van der Waals surface area (Å²) in [7, 11) is 0. The summed E-state index contributed by atoms with van der Waals surface area (Å²) in [4.78, 5) is 21.3. The third kappa shape index (κ3) is 5.99. The largest absolute Gasteiger partial charge is 0.494 e. The Morgan fingerprint density at radius 1 is 1.10 bits per heavy atom. The van der Waals surface area contributed by atoms with E-state index in [2.05, 4.69) is 47.1 Å². The highest BCUT2D eigenvalue weighted by molar-refractivity contribution is 8.18. The number of thioether (sulfide) groups is 1. The van der Waals surface area contributed by atoms with Crippen LogP contribution in [0.3, 0.4) is 0 Å². The van der Waals surface area contributed by atoms with Crippen molar-refractivity contribution in [3.05, 3.63) is 70.6 Å². The number of carbonyl (C=O) groups is 1. The minimum atomic E-state index is -0.137. The maximum absolute atomic E-state index is 12.4. The van der Waals surface area contributed by atoms with Gasteiger partial charge < -0.3 is 14.5 Å². The van der Waals surface area contributed by atoms with Crippen LogP contribution in [0.2, 0.25) is 0 Å². The summed E-state index contributed by atoms with van der Waals surface area (Å²) in [6, 6.07) is 18.5. The minimum Gasteiger partial charge on any atom is -0.494 e. The molecule has 6 heteroatoms. The topological polar surface area (TPSA) is 46.3 Å². The first-order valence-corrected chi connectivity index (χ1v) is 11.9. The SMILES string of the molecule is CCCCOc1ccc(/C=C2/SC(N3CC[NH+](Cc4ccccc4)CC3)=NC2=O)cc1. The molecule has 2 aliphatic heterocycles. The van der Waals surface area contributed by atoms with E-state index in [1.165, 1.54) is 17.3 Å². The lowest BCUT2D eigenvalue weighted by Crippen LogP contribution is -3.13. The van der Waals surface area contributed by atoms with Crippen LogP contribution in [0.4, 0.5) is 0 Å². The van der Waals surface area contributed by atoms with E-state index >= 15 is 0 Å². The lowest BCUT2D eigenvalue weighted by Gasteiger charge is -2.32. The zero-order valence-electron chi connectivity index (χ0n) is 18.0. The van der Waals surface area contributed by atoms with Crippen LogP contribution >= 0.6 is 11.8 Å². The summed E-state index contributed by atoms with van der Waals surface area (Å²) >= 11 is 1.49. The molecule has 0 radical (unpaired) electrons. The van der Waals surface area contributed by atoms with Gasteiger partial charge in [-0.2, -0.15) is 4.99 Å². The van der Waals surface area contributed by atoms with Gasteiger partial charge in [-0.1, -0.05) is 55.8 Å². The summed E-state index contributed by atoms with van der Waals surface area (Å²) in [6.07, 6.45) is 4.10. The molecule has 162 valence electrons. The van der Waals surface area contributed by atoms with Gasteiger partial charge in [0.1, 0.15) is 12.3 Å². The van der Waals surface area contributed by atoms with Crippen LogP contribution in [0.15, 0.2) is 64.5 Å². The molecule has 1 amide bonds. The first-order chi connectivity index (χ1) is 15.2. The number of amidine groups is 1. The summed E-state index contributed by atoms with van der Waals surface area (Å²) in [5.41, 5.74) is 2.37. The van der Waals surface area contributed by atoms with E-state index in [1.807, 2.05) is 30.3 Å². The number of carbonyl (C=O) groups excluding carboxylic acids is 1. The molecule has 0 aliphatic carbocycles. The predicted molar refractivity (Wildman–Crippen MR) is 127 cm³/mol. The second-order valence-electron chi connectivity index (χ2n) is 7.98.